The molecule has 0 fully saturated rings. The molecule has 2 heterocycles. The molecule has 0 bridgehead atoms. The van der Waals surface area contributed by atoms with Gasteiger partial charge in [-0.1, -0.05) is 42.5 Å². The number of fused-ring (bicyclic) bond motifs is 3. The lowest BCUT2D eigenvalue weighted by Gasteiger charge is -2.10. The second-order valence-electron chi connectivity index (χ2n) is 5.17. The van der Waals surface area contributed by atoms with Crippen molar-refractivity contribution in [3.8, 4) is 23.4 Å². The minimum Gasteiger partial charge on any atom is -0.290 e. The highest BCUT2D eigenvalue weighted by molar-refractivity contribution is 5.87. The first-order valence-corrected chi connectivity index (χ1v) is 7.13. The van der Waals surface area contributed by atoms with Crippen LogP contribution in [0.4, 0.5) is 0 Å². The van der Waals surface area contributed by atoms with Gasteiger partial charge < -0.3 is 0 Å². The molecule has 0 aliphatic carbocycles. The molecule has 23 heavy (non-hydrogen) atoms. The topological polar surface area (TPSA) is 64.9 Å². The van der Waals surface area contributed by atoms with Gasteiger partial charge in [-0.3, -0.25) is 4.40 Å². The Labute approximate surface area is 132 Å². The van der Waals surface area contributed by atoms with Gasteiger partial charge in [0, 0.05) is 0 Å². The van der Waals surface area contributed by atoms with Crippen molar-refractivity contribution in [2.24, 2.45) is 0 Å². The summed E-state index contributed by atoms with van der Waals surface area (Å²) in [7, 11) is 0. The summed E-state index contributed by atoms with van der Waals surface area (Å²) in [6.07, 6.45) is 0. The van der Waals surface area contributed by atoms with Crippen LogP contribution in [0.1, 0.15) is 11.1 Å². The second-order valence-corrected chi connectivity index (χ2v) is 5.17. The van der Waals surface area contributed by atoms with E-state index in [4.69, 9.17) is 0 Å². The first-order valence-electron chi connectivity index (χ1n) is 7.13. The summed E-state index contributed by atoms with van der Waals surface area (Å²) in [6.45, 7) is 0. The Morgan fingerprint density at radius 3 is 2.26 bits per heavy atom. The molecule has 4 aromatic rings. The molecule has 4 heteroatoms. The predicted octanol–water partition coefficient (Wildman–Crippen LogP) is 3.90. The molecule has 0 unspecified atom stereocenters. The Balaban J connectivity index is 2.29. The van der Waals surface area contributed by atoms with Crippen molar-refractivity contribution in [3.05, 3.63) is 71.8 Å². The number of hydrogen-bond donors (Lipinski definition) is 0. The summed E-state index contributed by atoms with van der Waals surface area (Å²) in [5.74, 6) is 0. The molecular weight excluding hydrogens is 284 g/mol. The fourth-order valence-electron chi connectivity index (χ4n) is 2.88. The number of benzene rings is 2. The first kappa shape index (κ1) is 13.1. The molecule has 0 saturated heterocycles. The maximum absolute atomic E-state index is 9.58. The zero-order chi connectivity index (χ0) is 15.8. The van der Waals surface area contributed by atoms with Crippen molar-refractivity contribution in [2.75, 3.05) is 0 Å². The summed E-state index contributed by atoms with van der Waals surface area (Å²) < 4.78 is 1.90. The molecule has 106 valence electrons. The van der Waals surface area contributed by atoms with Gasteiger partial charge in [0.1, 0.15) is 12.1 Å². The minimum absolute atomic E-state index is 0.400. The van der Waals surface area contributed by atoms with Gasteiger partial charge in [-0.05, 0) is 23.8 Å². The van der Waals surface area contributed by atoms with E-state index >= 15 is 0 Å². The van der Waals surface area contributed by atoms with Crippen LogP contribution in [-0.2, 0) is 0 Å². The third-order valence-electron chi connectivity index (χ3n) is 3.86. The fraction of sp³-hybridized carbons (Fsp3) is 0. The van der Waals surface area contributed by atoms with Gasteiger partial charge in [-0.25, -0.2) is 4.98 Å². The van der Waals surface area contributed by atoms with Crippen molar-refractivity contribution in [2.45, 2.75) is 0 Å². The van der Waals surface area contributed by atoms with E-state index in [1.54, 1.807) is 6.07 Å². The lowest BCUT2D eigenvalue weighted by molar-refractivity contribution is 1.20. The van der Waals surface area contributed by atoms with Crippen LogP contribution in [0.2, 0.25) is 0 Å². The molecule has 0 amide bonds. The van der Waals surface area contributed by atoms with Crippen molar-refractivity contribution in [3.63, 3.8) is 0 Å². The number of imidazole rings is 1. The van der Waals surface area contributed by atoms with Crippen molar-refractivity contribution in [1.82, 2.24) is 9.38 Å². The highest BCUT2D eigenvalue weighted by Gasteiger charge is 2.17. The molecule has 0 aliphatic heterocycles. The highest BCUT2D eigenvalue weighted by Crippen LogP contribution is 2.30. The van der Waals surface area contributed by atoms with Crippen molar-refractivity contribution in [1.29, 1.82) is 10.5 Å². The molecule has 0 atom stereocenters. The van der Waals surface area contributed by atoms with Crippen molar-refractivity contribution < 1.29 is 0 Å². The largest absolute Gasteiger partial charge is 0.290 e. The number of pyridine rings is 1. The maximum Gasteiger partial charge on any atom is 0.156 e. The molecule has 0 radical (unpaired) electrons. The van der Waals surface area contributed by atoms with E-state index in [2.05, 4.69) is 17.1 Å². The first-order chi connectivity index (χ1) is 11.3. The third kappa shape index (κ3) is 1.87. The van der Waals surface area contributed by atoms with Crippen LogP contribution in [0.25, 0.3) is 27.9 Å². The van der Waals surface area contributed by atoms with E-state index in [1.807, 2.05) is 59.0 Å². The standard InChI is InChI=1S/C19H10N4/c20-11-14-10-15(12-21)19-22-16-8-4-5-9-17(16)23(19)18(14)13-6-2-1-3-7-13/h1-10H. The molecule has 0 aliphatic rings. The van der Waals surface area contributed by atoms with Crippen molar-refractivity contribution >= 4 is 16.7 Å². The number of nitrogens with zero attached hydrogens (tertiary/aromatic N) is 4. The number of nitriles is 2. The zero-order valence-electron chi connectivity index (χ0n) is 12.1. The van der Waals surface area contributed by atoms with Crippen LogP contribution < -0.4 is 0 Å². The van der Waals surface area contributed by atoms with E-state index in [0.29, 0.717) is 16.8 Å². The number of aromatic nitrogens is 2. The van der Waals surface area contributed by atoms with E-state index in [0.717, 1.165) is 22.3 Å². The molecule has 0 spiro atoms. The molecule has 4 rings (SSSR count). The summed E-state index contributed by atoms with van der Waals surface area (Å²) in [4.78, 5) is 4.58. The highest BCUT2D eigenvalue weighted by atomic mass is 15.0. The average Bonchev–Trinajstić information content (AvgIpc) is 3.00. The molecule has 0 saturated carbocycles. The smallest absolute Gasteiger partial charge is 0.156 e. The SMILES string of the molecule is N#Cc1cc(C#N)c2nc3ccccc3n2c1-c1ccccc1. The molecule has 4 nitrogen and oxygen atoms in total. The van der Waals surface area contributed by atoms with Crippen LogP contribution >= 0.6 is 0 Å². The Hall–Kier alpha value is -3.63. The fourth-order valence-corrected chi connectivity index (χ4v) is 2.88. The van der Waals surface area contributed by atoms with E-state index in [9.17, 15) is 10.5 Å². The average molecular weight is 294 g/mol. The summed E-state index contributed by atoms with van der Waals surface area (Å²) in [5.41, 5.74) is 4.80. The molecule has 0 N–H and O–H groups in total. The van der Waals surface area contributed by atoms with Gasteiger partial charge >= 0.3 is 0 Å². The van der Waals surface area contributed by atoms with Gasteiger partial charge in [-0.2, -0.15) is 10.5 Å². The number of para-hydroxylation sites is 2. The van der Waals surface area contributed by atoms with Crippen LogP contribution in [0.5, 0.6) is 0 Å². The number of rotatable bonds is 1. The van der Waals surface area contributed by atoms with Gasteiger partial charge in [-0.15, -0.1) is 0 Å². The normalized spacial score (nSPS) is 10.5. The quantitative estimate of drug-likeness (QED) is 0.535. The Morgan fingerprint density at radius 2 is 1.52 bits per heavy atom. The van der Waals surface area contributed by atoms with Crippen LogP contribution in [0.15, 0.2) is 60.7 Å². The molecule has 2 aromatic carbocycles. The summed E-state index contributed by atoms with van der Waals surface area (Å²) in [6, 6.07) is 23.4. The zero-order valence-corrected chi connectivity index (χ0v) is 12.1. The Morgan fingerprint density at radius 1 is 0.826 bits per heavy atom. The van der Waals surface area contributed by atoms with Crippen LogP contribution in [0, 0.1) is 22.7 Å². The third-order valence-corrected chi connectivity index (χ3v) is 3.86. The van der Waals surface area contributed by atoms with Crippen LogP contribution in [-0.4, -0.2) is 9.38 Å². The van der Waals surface area contributed by atoms with Gasteiger partial charge in [0.05, 0.1) is 27.9 Å². The minimum atomic E-state index is 0.400. The Kier molecular flexibility index (Phi) is 2.83. The lowest BCUT2D eigenvalue weighted by atomic mass is 10.0. The van der Waals surface area contributed by atoms with Crippen LogP contribution in [0.3, 0.4) is 0 Å². The summed E-state index contributed by atoms with van der Waals surface area (Å²) in [5, 5.41) is 19.0. The predicted molar refractivity (Wildman–Crippen MR) is 87.6 cm³/mol. The molecule has 2 aromatic heterocycles. The maximum atomic E-state index is 9.58. The monoisotopic (exact) mass is 294 g/mol. The van der Waals surface area contributed by atoms with E-state index < -0.39 is 0 Å². The van der Waals surface area contributed by atoms with E-state index in [-0.39, 0.29) is 0 Å². The lowest BCUT2D eigenvalue weighted by Crippen LogP contribution is -1.99. The number of hydrogen-bond acceptors (Lipinski definition) is 3. The van der Waals surface area contributed by atoms with Gasteiger partial charge in [0.25, 0.3) is 0 Å². The van der Waals surface area contributed by atoms with Gasteiger partial charge in [0.15, 0.2) is 5.65 Å². The van der Waals surface area contributed by atoms with E-state index in [1.165, 1.54) is 0 Å². The summed E-state index contributed by atoms with van der Waals surface area (Å²) >= 11 is 0. The van der Waals surface area contributed by atoms with Gasteiger partial charge in [0.2, 0.25) is 0 Å². The Bertz CT molecular complexity index is 1130. The second kappa shape index (κ2) is 4.98. The molecular formula is C19H10N4.